The van der Waals surface area contributed by atoms with Gasteiger partial charge in [0.1, 0.15) is 11.5 Å². The van der Waals surface area contributed by atoms with E-state index in [1.165, 1.54) is 12.1 Å². The number of phenolic OH excluding ortho intramolecular Hbond substituents is 1. The fourth-order valence-corrected chi connectivity index (χ4v) is 1.82. The molecule has 0 aliphatic heterocycles. The molecule has 0 radical (unpaired) electrons. The third kappa shape index (κ3) is 3.89. The Morgan fingerprint density at radius 3 is 2.76 bits per heavy atom. The Labute approximate surface area is 123 Å². The molecule has 21 heavy (non-hydrogen) atoms. The molecule has 5 nitrogen and oxygen atoms in total. The Hall–Kier alpha value is -2.69. The van der Waals surface area contributed by atoms with Crippen molar-refractivity contribution in [3.05, 3.63) is 48.0 Å². The highest BCUT2D eigenvalue weighted by molar-refractivity contribution is 6.05. The minimum atomic E-state index is -0.297. The van der Waals surface area contributed by atoms with Crippen LogP contribution in [0.15, 0.2) is 42.5 Å². The van der Waals surface area contributed by atoms with E-state index in [0.29, 0.717) is 29.3 Å². The van der Waals surface area contributed by atoms with Gasteiger partial charge in [-0.3, -0.25) is 4.79 Å². The zero-order valence-corrected chi connectivity index (χ0v) is 11.8. The zero-order chi connectivity index (χ0) is 15.2. The fraction of sp³-hybridized carbons (Fsp3) is 0.188. The van der Waals surface area contributed by atoms with Crippen molar-refractivity contribution in [3.63, 3.8) is 0 Å². The number of amides is 1. The lowest BCUT2D eigenvalue weighted by atomic mass is 10.1. The number of hydrogen-bond acceptors (Lipinski definition) is 4. The molecule has 0 fully saturated rings. The standard InChI is InChI=1S/C16H18N2O3/c1-2-8-21-15-7-6-11(9-14(15)17)16(20)18-12-4-3-5-13(19)10-12/h3-7,9-10,19H,2,8,17H2,1H3,(H,18,20). The Morgan fingerprint density at radius 2 is 2.10 bits per heavy atom. The van der Waals surface area contributed by atoms with E-state index in [0.717, 1.165) is 6.42 Å². The van der Waals surface area contributed by atoms with E-state index < -0.39 is 0 Å². The van der Waals surface area contributed by atoms with E-state index in [1.807, 2.05) is 6.92 Å². The molecular formula is C16H18N2O3. The van der Waals surface area contributed by atoms with Crippen LogP contribution < -0.4 is 15.8 Å². The molecule has 2 rings (SSSR count). The molecular weight excluding hydrogens is 268 g/mol. The minimum Gasteiger partial charge on any atom is -0.508 e. The molecule has 0 heterocycles. The molecule has 4 N–H and O–H groups in total. The van der Waals surface area contributed by atoms with Gasteiger partial charge in [-0.15, -0.1) is 0 Å². The van der Waals surface area contributed by atoms with E-state index in [1.54, 1.807) is 30.3 Å². The molecule has 0 aliphatic carbocycles. The molecule has 0 aromatic heterocycles. The maximum Gasteiger partial charge on any atom is 0.255 e. The lowest BCUT2D eigenvalue weighted by Gasteiger charge is -2.10. The van der Waals surface area contributed by atoms with Gasteiger partial charge in [0.2, 0.25) is 0 Å². The second kappa shape index (κ2) is 6.65. The quantitative estimate of drug-likeness (QED) is 0.738. The number of aromatic hydroxyl groups is 1. The third-order valence-corrected chi connectivity index (χ3v) is 2.84. The number of nitrogens with one attached hydrogen (secondary N) is 1. The third-order valence-electron chi connectivity index (χ3n) is 2.84. The first-order valence-corrected chi connectivity index (χ1v) is 6.73. The van der Waals surface area contributed by atoms with Crippen molar-refractivity contribution in [2.45, 2.75) is 13.3 Å². The normalized spacial score (nSPS) is 10.1. The first-order chi connectivity index (χ1) is 10.1. The molecule has 0 unspecified atom stereocenters. The van der Waals surface area contributed by atoms with E-state index in [4.69, 9.17) is 10.5 Å². The summed E-state index contributed by atoms with van der Waals surface area (Å²) < 4.78 is 5.46. The van der Waals surface area contributed by atoms with Crippen LogP contribution in [0.3, 0.4) is 0 Å². The number of nitrogens with two attached hydrogens (primary N) is 1. The number of rotatable bonds is 5. The van der Waals surface area contributed by atoms with Crippen LogP contribution >= 0.6 is 0 Å². The number of hydrogen-bond donors (Lipinski definition) is 3. The number of carbonyl (C=O) groups is 1. The molecule has 0 bridgehead atoms. The predicted molar refractivity (Wildman–Crippen MR) is 82.7 cm³/mol. The lowest BCUT2D eigenvalue weighted by molar-refractivity contribution is 0.102. The second-order valence-corrected chi connectivity index (χ2v) is 4.61. The second-order valence-electron chi connectivity index (χ2n) is 4.61. The molecule has 2 aromatic carbocycles. The smallest absolute Gasteiger partial charge is 0.255 e. The van der Waals surface area contributed by atoms with Crippen molar-refractivity contribution in [2.24, 2.45) is 0 Å². The summed E-state index contributed by atoms with van der Waals surface area (Å²) in [6.07, 6.45) is 0.888. The van der Waals surface area contributed by atoms with Crippen molar-refractivity contribution in [3.8, 4) is 11.5 Å². The first kappa shape index (κ1) is 14.7. The first-order valence-electron chi connectivity index (χ1n) is 6.73. The lowest BCUT2D eigenvalue weighted by Crippen LogP contribution is -2.12. The molecule has 110 valence electrons. The van der Waals surface area contributed by atoms with Crippen molar-refractivity contribution in [1.82, 2.24) is 0 Å². The molecule has 0 atom stereocenters. The largest absolute Gasteiger partial charge is 0.508 e. The highest BCUT2D eigenvalue weighted by Gasteiger charge is 2.09. The van der Waals surface area contributed by atoms with Crippen LogP contribution in [0.2, 0.25) is 0 Å². The number of carbonyl (C=O) groups excluding carboxylic acids is 1. The van der Waals surface area contributed by atoms with Crippen LogP contribution in [0.25, 0.3) is 0 Å². The molecule has 0 aliphatic rings. The van der Waals surface area contributed by atoms with E-state index in [9.17, 15) is 9.90 Å². The average Bonchev–Trinajstić information content (AvgIpc) is 2.46. The van der Waals surface area contributed by atoms with Crippen LogP contribution in [0, 0.1) is 0 Å². The van der Waals surface area contributed by atoms with Gasteiger partial charge in [0.05, 0.1) is 12.3 Å². The summed E-state index contributed by atoms with van der Waals surface area (Å²) in [5.41, 5.74) is 7.24. The van der Waals surface area contributed by atoms with Crippen molar-refractivity contribution >= 4 is 17.3 Å². The average molecular weight is 286 g/mol. The molecule has 0 spiro atoms. The molecule has 0 saturated heterocycles. The summed E-state index contributed by atoms with van der Waals surface area (Å²) >= 11 is 0. The van der Waals surface area contributed by atoms with Crippen molar-refractivity contribution < 1.29 is 14.6 Å². The van der Waals surface area contributed by atoms with Gasteiger partial charge in [-0.25, -0.2) is 0 Å². The number of ether oxygens (including phenoxy) is 1. The summed E-state index contributed by atoms with van der Waals surface area (Å²) in [5, 5.41) is 12.1. The van der Waals surface area contributed by atoms with Gasteiger partial charge in [-0.2, -0.15) is 0 Å². The molecule has 1 amide bonds. The summed E-state index contributed by atoms with van der Waals surface area (Å²) in [6, 6.07) is 11.3. The maximum atomic E-state index is 12.1. The van der Waals surface area contributed by atoms with Gasteiger partial charge >= 0.3 is 0 Å². The number of benzene rings is 2. The SMILES string of the molecule is CCCOc1ccc(C(=O)Nc2cccc(O)c2)cc1N. The van der Waals surface area contributed by atoms with Crippen LogP contribution in [0.4, 0.5) is 11.4 Å². The summed E-state index contributed by atoms with van der Waals surface area (Å²) in [4.78, 5) is 12.1. The number of phenols is 1. The van der Waals surface area contributed by atoms with Gasteiger partial charge in [-0.05, 0) is 36.8 Å². The van der Waals surface area contributed by atoms with Crippen LogP contribution in [-0.2, 0) is 0 Å². The topological polar surface area (TPSA) is 84.6 Å². The summed E-state index contributed by atoms with van der Waals surface area (Å²) in [5.74, 6) is 0.371. The molecule has 0 saturated carbocycles. The Kier molecular flexibility index (Phi) is 4.66. The van der Waals surface area contributed by atoms with Gasteiger partial charge in [0.25, 0.3) is 5.91 Å². The highest BCUT2D eigenvalue weighted by Crippen LogP contribution is 2.23. The van der Waals surface area contributed by atoms with Gasteiger partial charge in [0.15, 0.2) is 0 Å². The Balaban J connectivity index is 2.11. The summed E-state index contributed by atoms with van der Waals surface area (Å²) in [6.45, 7) is 2.59. The van der Waals surface area contributed by atoms with Crippen LogP contribution in [-0.4, -0.2) is 17.6 Å². The van der Waals surface area contributed by atoms with Crippen molar-refractivity contribution in [1.29, 1.82) is 0 Å². The van der Waals surface area contributed by atoms with Crippen molar-refractivity contribution in [2.75, 3.05) is 17.7 Å². The zero-order valence-electron chi connectivity index (χ0n) is 11.8. The van der Waals surface area contributed by atoms with Crippen LogP contribution in [0.5, 0.6) is 11.5 Å². The van der Waals surface area contributed by atoms with E-state index in [-0.39, 0.29) is 11.7 Å². The Bertz CT molecular complexity index is 641. The van der Waals surface area contributed by atoms with Gasteiger partial charge < -0.3 is 20.9 Å². The predicted octanol–water partition coefficient (Wildman–Crippen LogP) is 3.02. The molecule has 5 heteroatoms. The summed E-state index contributed by atoms with van der Waals surface area (Å²) in [7, 11) is 0. The molecule has 2 aromatic rings. The maximum absolute atomic E-state index is 12.1. The van der Waals surface area contributed by atoms with Gasteiger partial charge in [-0.1, -0.05) is 13.0 Å². The monoisotopic (exact) mass is 286 g/mol. The number of nitrogen functional groups attached to an aromatic ring is 1. The van der Waals surface area contributed by atoms with E-state index >= 15 is 0 Å². The Morgan fingerprint density at radius 1 is 1.29 bits per heavy atom. The van der Waals surface area contributed by atoms with Gasteiger partial charge in [0, 0.05) is 17.3 Å². The van der Waals surface area contributed by atoms with E-state index in [2.05, 4.69) is 5.32 Å². The fourth-order valence-electron chi connectivity index (χ4n) is 1.82. The minimum absolute atomic E-state index is 0.0932. The van der Waals surface area contributed by atoms with Crippen LogP contribution in [0.1, 0.15) is 23.7 Å². The number of anilines is 2. The highest BCUT2D eigenvalue weighted by atomic mass is 16.5.